The fourth-order valence-corrected chi connectivity index (χ4v) is 5.16. The molecule has 0 unspecified atom stereocenters. The number of fused-ring (bicyclic) bond motifs is 1. The molecule has 1 saturated heterocycles. The van der Waals surface area contributed by atoms with Crippen molar-refractivity contribution in [2.24, 2.45) is 0 Å². The van der Waals surface area contributed by atoms with Gasteiger partial charge in [-0.05, 0) is 55.2 Å². The summed E-state index contributed by atoms with van der Waals surface area (Å²) in [6, 6.07) is 14.9. The summed E-state index contributed by atoms with van der Waals surface area (Å²) in [6.45, 7) is 1.22. The predicted molar refractivity (Wildman–Crippen MR) is 98.6 cm³/mol. The number of hydrogen-bond donors (Lipinski definition) is 0. The Balaban J connectivity index is 1.60. The first-order chi connectivity index (χ1) is 12.1. The van der Waals surface area contributed by atoms with Crippen LogP contribution in [-0.2, 0) is 16.4 Å². The molecule has 2 heterocycles. The van der Waals surface area contributed by atoms with E-state index < -0.39 is 10.0 Å². The van der Waals surface area contributed by atoms with Crippen LogP contribution in [0.25, 0.3) is 0 Å². The first-order valence-electron chi connectivity index (χ1n) is 8.56. The van der Waals surface area contributed by atoms with Crippen LogP contribution in [0.15, 0.2) is 48.5 Å². The largest absolute Gasteiger partial charge is 0.308 e. The number of carbonyl (C=O) groups is 1. The molecule has 0 bridgehead atoms. The van der Waals surface area contributed by atoms with E-state index in [-0.39, 0.29) is 11.7 Å². The maximum atomic E-state index is 12.9. The average Bonchev–Trinajstić information content (AvgIpc) is 3.00. The van der Waals surface area contributed by atoms with Crippen LogP contribution in [0.3, 0.4) is 0 Å². The maximum absolute atomic E-state index is 12.9. The van der Waals surface area contributed by atoms with Crippen LogP contribution in [-0.4, -0.2) is 33.2 Å². The van der Waals surface area contributed by atoms with Crippen LogP contribution >= 0.6 is 0 Å². The van der Waals surface area contributed by atoms with Crippen molar-refractivity contribution in [3.63, 3.8) is 0 Å². The van der Waals surface area contributed by atoms with E-state index in [0.717, 1.165) is 18.5 Å². The van der Waals surface area contributed by atoms with Gasteiger partial charge in [0.2, 0.25) is 10.0 Å². The van der Waals surface area contributed by atoms with E-state index in [2.05, 4.69) is 6.07 Å². The van der Waals surface area contributed by atoms with Crippen LogP contribution in [0, 0.1) is 0 Å². The zero-order valence-corrected chi connectivity index (χ0v) is 14.7. The van der Waals surface area contributed by atoms with Crippen molar-refractivity contribution < 1.29 is 13.2 Å². The van der Waals surface area contributed by atoms with Gasteiger partial charge in [0.25, 0.3) is 5.91 Å². The molecule has 0 radical (unpaired) electrons. The highest BCUT2D eigenvalue weighted by atomic mass is 32.2. The third-order valence-electron chi connectivity index (χ3n) is 4.86. The summed E-state index contributed by atoms with van der Waals surface area (Å²) in [5.74, 6) is 0.154. The van der Waals surface area contributed by atoms with Gasteiger partial charge in [0.1, 0.15) is 0 Å². The number of para-hydroxylation sites is 1. The lowest BCUT2D eigenvalue weighted by molar-refractivity contribution is 0.0985. The molecule has 6 heteroatoms. The number of nitrogens with zero attached hydrogens (tertiary/aromatic N) is 2. The van der Waals surface area contributed by atoms with E-state index in [4.69, 9.17) is 0 Å². The summed E-state index contributed by atoms with van der Waals surface area (Å²) < 4.78 is 25.5. The number of carbonyl (C=O) groups excluding carboxylic acids is 1. The number of amides is 1. The molecule has 0 aliphatic carbocycles. The van der Waals surface area contributed by atoms with E-state index in [9.17, 15) is 13.2 Å². The summed E-state index contributed by atoms with van der Waals surface area (Å²) in [5, 5.41) is 0. The summed E-state index contributed by atoms with van der Waals surface area (Å²) in [5.41, 5.74) is 3.39. The standard InChI is InChI=1S/C19H20N2O3S/c22-19(20-12-3-6-15-5-1-2-7-18(15)20)16-8-10-17(11-9-16)21-13-4-14-25(21,23)24/h1-2,5,7-11H,3-4,6,12-14H2. The van der Waals surface area contributed by atoms with Crippen LogP contribution in [0.4, 0.5) is 11.4 Å². The number of rotatable bonds is 2. The Morgan fingerprint density at radius 3 is 2.40 bits per heavy atom. The van der Waals surface area contributed by atoms with Crippen molar-refractivity contribution >= 4 is 27.3 Å². The Morgan fingerprint density at radius 2 is 1.68 bits per heavy atom. The molecule has 2 aromatic rings. The van der Waals surface area contributed by atoms with Gasteiger partial charge in [0, 0.05) is 24.3 Å². The number of anilines is 2. The summed E-state index contributed by atoms with van der Waals surface area (Å²) >= 11 is 0. The number of sulfonamides is 1. The monoisotopic (exact) mass is 356 g/mol. The van der Waals surface area contributed by atoms with Gasteiger partial charge in [0.05, 0.1) is 11.4 Å². The second-order valence-electron chi connectivity index (χ2n) is 6.48. The average molecular weight is 356 g/mol. The molecule has 4 rings (SSSR count). The van der Waals surface area contributed by atoms with Crippen molar-refractivity contribution in [2.45, 2.75) is 19.3 Å². The highest BCUT2D eigenvalue weighted by molar-refractivity contribution is 7.93. The normalized spacial score (nSPS) is 18.9. The first kappa shape index (κ1) is 16.1. The molecule has 2 aliphatic heterocycles. The first-order valence-corrected chi connectivity index (χ1v) is 10.2. The molecular formula is C19H20N2O3S. The van der Waals surface area contributed by atoms with E-state index in [1.807, 2.05) is 23.1 Å². The molecule has 130 valence electrons. The minimum Gasteiger partial charge on any atom is -0.308 e. The van der Waals surface area contributed by atoms with E-state index >= 15 is 0 Å². The molecule has 1 amide bonds. The Morgan fingerprint density at radius 1 is 0.920 bits per heavy atom. The fraction of sp³-hybridized carbons (Fsp3) is 0.316. The lowest BCUT2D eigenvalue weighted by Gasteiger charge is -2.29. The van der Waals surface area contributed by atoms with Crippen LogP contribution in [0.5, 0.6) is 0 Å². The Labute approximate surface area is 147 Å². The molecule has 25 heavy (non-hydrogen) atoms. The van der Waals surface area contributed by atoms with E-state index in [0.29, 0.717) is 30.8 Å². The molecule has 2 aromatic carbocycles. The molecule has 1 fully saturated rings. The molecule has 0 saturated carbocycles. The third kappa shape index (κ3) is 2.91. The fourth-order valence-electron chi connectivity index (χ4n) is 3.60. The minimum atomic E-state index is -3.20. The van der Waals surface area contributed by atoms with Crippen LogP contribution in [0.2, 0.25) is 0 Å². The SMILES string of the molecule is O=C(c1ccc(N2CCCS2(=O)=O)cc1)N1CCCc2ccccc21. The van der Waals surface area contributed by atoms with Gasteiger partial charge in [-0.15, -0.1) is 0 Å². The zero-order valence-electron chi connectivity index (χ0n) is 13.9. The highest BCUT2D eigenvalue weighted by Crippen LogP contribution is 2.29. The Hall–Kier alpha value is -2.34. The van der Waals surface area contributed by atoms with Gasteiger partial charge in [-0.25, -0.2) is 8.42 Å². The number of hydrogen-bond acceptors (Lipinski definition) is 3. The molecule has 2 aliphatic rings. The van der Waals surface area contributed by atoms with Crippen LogP contribution < -0.4 is 9.21 Å². The molecule has 5 nitrogen and oxygen atoms in total. The smallest absolute Gasteiger partial charge is 0.258 e. The predicted octanol–water partition coefficient (Wildman–Crippen LogP) is 2.82. The van der Waals surface area contributed by atoms with Crippen molar-refractivity contribution in [3.8, 4) is 0 Å². The van der Waals surface area contributed by atoms with Gasteiger partial charge in [-0.2, -0.15) is 0 Å². The lowest BCUT2D eigenvalue weighted by atomic mass is 10.0. The van der Waals surface area contributed by atoms with Gasteiger partial charge >= 0.3 is 0 Å². The molecule has 0 spiro atoms. The quantitative estimate of drug-likeness (QED) is 0.831. The lowest BCUT2D eigenvalue weighted by Crippen LogP contribution is -2.35. The van der Waals surface area contributed by atoms with Crippen molar-refractivity contribution in [1.29, 1.82) is 0 Å². The topological polar surface area (TPSA) is 57.7 Å². The molecule has 0 atom stereocenters. The van der Waals surface area contributed by atoms with Crippen LogP contribution in [0.1, 0.15) is 28.8 Å². The summed E-state index contributed by atoms with van der Waals surface area (Å²) in [6.07, 6.45) is 2.59. The van der Waals surface area contributed by atoms with Gasteiger partial charge in [-0.1, -0.05) is 18.2 Å². The van der Waals surface area contributed by atoms with E-state index in [1.165, 1.54) is 9.87 Å². The summed E-state index contributed by atoms with van der Waals surface area (Å²) in [4.78, 5) is 14.7. The maximum Gasteiger partial charge on any atom is 0.258 e. The van der Waals surface area contributed by atoms with Gasteiger partial charge in [0.15, 0.2) is 0 Å². The van der Waals surface area contributed by atoms with Crippen molar-refractivity contribution in [3.05, 3.63) is 59.7 Å². The Kier molecular flexibility index (Phi) is 4.00. The van der Waals surface area contributed by atoms with Crippen molar-refractivity contribution in [1.82, 2.24) is 0 Å². The summed E-state index contributed by atoms with van der Waals surface area (Å²) in [7, 11) is -3.20. The van der Waals surface area contributed by atoms with Gasteiger partial charge < -0.3 is 4.90 Å². The Bertz CT molecular complexity index is 907. The molecule has 0 N–H and O–H groups in total. The minimum absolute atomic E-state index is 0.0389. The second-order valence-corrected chi connectivity index (χ2v) is 8.49. The zero-order chi connectivity index (χ0) is 17.4. The van der Waals surface area contributed by atoms with E-state index in [1.54, 1.807) is 24.3 Å². The third-order valence-corrected chi connectivity index (χ3v) is 6.73. The van der Waals surface area contributed by atoms with Crippen molar-refractivity contribution in [2.75, 3.05) is 28.0 Å². The van der Waals surface area contributed by atoms with Gasteiger partial charge in [-0.3, -0.25) is 9.10 Å². The molecule has 0 aromatic heterocycles. The number of benzene rings is 2. The number of aryl methyl sites for hydroxylation is 1. The molecular weight excluding hydrogens is 336 g/mol. The second kappa shape index (κ2) is 6.19. The highest BCUT2D eigenvalue weighted by Gasteiger charge is 2.29.